The third-order valence-corrected chi connectivity index (χ3v) is 1.24. The van der Waals surface area contributed by atoms with Gasteiger partial charge in [0.05, 0.1) is 6.54 Å². The lowest BCUT2D eigenvalue weighted by Crippen LogP contribution is -1.90. The minimum absolute atomic E-state index is 0.462. The first-order valence-corrected chi connectivity index (χ1v) is 3.45. The quantitative estimate of drug-likeness (QED) is 0.400. The maximum absolute atomic E-state index is 9.46. The van der Waals surface area contributed by atoms with Gasteiger partial charge in [-0.3, -0.25) is 0 Å². The molecule has 0 aromatic rings. The summed E-state index contributed by atoms with van der Waals surface area (Å²) >= 11 is 2.27. The lowest BCUT2D eigenvalue weighted by atomic mass is 10.3. The van der Waals surface area contributed by atoms with Crippen molar-refractivity contribution in [3.63, 3.8) is 0 Å². The zero-order chi connectivity index (χ0) is 5.70. The van der Waals surface area contributed by atoms with Crippen molar-refractivity contribution < 1.29 is 0 Å². The first-order valence-electron chi connectivity index (χ1n) is 2.20. The lowest BCUT2D eigenvalue weighted by molar-refractivity contribution is 0.841. The van der Waals surface area contributed by atoms with Gasteiger partial charge >= 0.3 is 0 Å². The third-order valence-electron chi connectivity index (χ3n) is 0.618. The highest BCUT2D eigenvalue weighted by Gasteiger charge is 1.91. The molecule has 0 spiro atoms. The van der Waals surface area contributed by atoms with E-state index in [0.29, 0.717) is 10.5 Å². The molecule has 2 nitrogen and oxygen atoms in total. The average Bonchev–Trinajstić information content (AvgIpc) is 1.61. The number of rotatable bonds is 3. The Morgan fingerprint density at radius 1 is 1.86 bits per heavy atom. The minimum Gasteiger partial charge on any atom is -0.151 e. The molecule has 0 aliphatic rings. The SMILES string of the molecule is CC(I)CCN=O. The van der Waals surface area contributed by atoms with Crippen molar-refractivity contribution in [1.29, 1.82) is 0 Å². The van der Waals surface area contributed by atoms with E-state index >= 15 is 0 Å². The molecule has 0 fully saturated rings. The average molecular weight is 213 g/mol. The van der Waals surface area contributed by atoms with Gasteiger partial charge in [0.1, 0.15) is 0 Å². The predicted octanol–water partition coefficient (Wildman–Crippen LogP) is 1.97. The summed E-state index contributed by atoms with van der Waals surface area (Å²) in [5.41, 5.74) is 0. The van der Waals surface area contributed by atoms with E-state index in [-0.39, 0.29) is 0 Å². The molecule has 0 aliphatic heterocycles. The van der Waals surface area contributed by atoms with Crippen LogP contribution in [0.2, 0.25) is 0 Å². The van der Waals surface area contributed by atoms with Crippen LogP contribution in [0, 0.1) is 4.91 Å². The van der Waals surface area contributed by atoms with Crippen molar-refractivity contribution in [3.05, 3.63) is 4.91 Å². The maximum Gasteiger partial charge on any atom is 0.0821 e. The Balaban J connectivity index is 2.81. The molecule has 1 unspecified atom stereocenters. The molecule has 0 N–H and O–H groups in total. The largest absolute Gasteiger partial charge is 0.151 e. The van der Waals surface area contributed by atoms with Crippen LogP contribution in [0.3, 0.4) is 0 Å². The summed E-state index contributed by atoms with van der Waals surface area (Å²) in [6, 6.07) is 0. The number of nitrogens with zero attached hydrogens (tertiary/aromatic N) is 1. The number of halogens is 1. The molecule has 0 radical (unpaired) electrons. The molecule has 0 amide bonds. The van der Waals surface area contributed by atoms with E-state index in [1.54, 1.807) is 0 Å². The summed E-state index contributed by atoms with van der Waals surface area (Å²) in [6.07, 6.45) is 0.907. The zero-order valence-electron chi connectivity index (χ0n) is 4.22. The van der Waals surface area contributed by atoms with Gasteiger partial charge in [-0.15, -0.1) is 0 Å². The monoisotopic (exact) mass is 213 g/mol. The molecule has 3 heteroatoms. The summed E-state index contributed by atoms with van der Waals surface area (Å²) in [5.74, 6) is 0. The first kappa shape index (κ1) is 7.33. The highest BCUT2D eigenvalue weighted by Crippen LogP contribution is 2.02. The van der Waals surface area contributed by atoms with Gasteiger partial charge in [-0.05, 0) is 6.42 Å². The van der Waals surface area contributed by atoms with Crippen LogP contribution in [-0.4, -0.2) is 10.5 Å². The maximum atomic E-state index is 9.46. The van der Waals surface area contributed by atoms with Crippen LogP contribution in [0.15, 0.2) is 5.18 Å². The van der Waals surface area contributed by atoms with E-state index in [2.05, 4.69) is 34.7 Å². The molecule has 0 bridgehead atoms. The predicted molar refractivity (Wildman–Crippen MR) is 38.8 cm³/mol. The van der Waals surface area contributed by atoms with Crippen LogP contribution < -0.4 is 0 Å². The first-order chi connectivity index (χ1) is 3.27. The molecular formula is C4H8INO. The summed E-state index contributed by atoms with van der Waals surface area (Å²) in [6.45, 7) is 2.52. The Hall–Kier alpha value is 0.330. The Kier molecular flexibility index (Phi) is 4.70. The molecule has 42 valence electrons. The second-order valence-corrected chi connectivity index (χ2v) is 3.55. The van der Waals surface area contributed by atoms with Gasteiger partial charge in [-0.1, -0.05) is 34.7 Å². The van der Waals surface area contributed by atoms with Crippen LogP contribution in [0.4, 0.5) is 0 Å². The van der Waals surface area contributed by atoms with Gasteiger partial charge in [0, 0.05) is 3.92 Å². The van der Waals surface area contributed by atoms with Gasteiger partial charge in [0.15, 0.2) is 0 Å². The number of nitroso groups, excluding NO2 is 1. The molecule has 7 heavy (non-hydrogen) atoms. The topological polar surface area (TPSA) is 29.4 Å². The van der Waals surface area contributed by atoms with Crippen molar-refractivity contribution in [2.75, 3.05) is 6.54 Å². The van der Waals surface area contributed by atoms with Gasteiger partial charge in [0.2, 0.25) is 0 Å². The van der Waals surface area contributed by atoms with Crippen LogP contribution in [0.25, 0.3) is 0 Å². The number of alkyl halides is 1. The van der Waals surface area contributed by atoms with Crippen LogP contribution in [0.5, 0.6) is 0 Å². The van der Waals surface area contributed by atoms with Gasteiger partial charge in [0.25, 0.3) is 0 Å². The molecule has 0 saturated carbocycles. The Bertz CT molecular complexity index is 55.7. The summed E-state index contributed by atoms with van der Waals surface area (Å²) in [7, 11) is 0. The Morgan fingerprint density at radius 3 is 2.57 bits per heavy atom. The Labute approximate surface area is 56.8 Å². The molecule has 0 aromatic heterocycles. The molecule has 0 aromatic carbocycles. The lowest BCUT2D eigenvalue weighted by Gasteiger charge is -1.92. The highest BCUT2D eigenvalue weighted by atomic mass is 127. The molecule has 0 aliphatic carbocycles. The highest BCUT2D eigenvalue weighted by molar-refractivity contribution is 14.1. The van der Waals surface area contributed by atoms with E-state index in [1.165, 1.54) is 0 Å². The van der Waals surface area contributed by atoms with Crippen molar-refractivity contribution in [3.8, 4) is 0 Å². The van der Waals surface area contributed by atoms with Crippen molar-refractivity contribution >= 4 is 22.6 Å². The third kappa shape index (κ3) is 6.33. The Morgan fingerprint density at radius 2 is 2.43 bits per heavy atom. The fraction of sp³-hybridized carbons (Fsp3) is 1.00. The van der Waals surface area contributed by atoms with E-state index in [4.69, 9.17) is 0 Å². The van der Waals surface area contributed by atoms with Gasteiger partial charge < -0.3 is 0 Å². The van der Waals surface area contributed by atoms with E-state index in [1.807, 2.05) is 0 Å². The molecule has 0 saturated heterocycles. The molecular weight excluding hydrogens is 205 g/mol. The van der Waals surface area contributed by atoms with E-state index in [9.17, 15) is 4.91 Å². The summed E-state index contributed by atoms with van der Waals surface area (Å²) < 4.78 is 0.579. The van der Waals surface area contributed by atoms with Crippen molar-refractivity contribution in [2.24, 2.45) is 5.18 Å². The van der Waals surface area contributed by atoms with E-state index < -0.39 is 0 Å². The summed E-state index contributed by atoms with van der Waals surface area (Å²) in [4.78, 5) is 9.46. The fourth-order valence-electron chi connectivity index (χ4n) is 0.231. The van der Waals surface area contributed by atoms with Crippen LogP contribution in [-0.2, 0) is 0 Å². The van der Waals surface area contributed by atoms with Crippen LogP contribution >= 0.6 is 22.6 Å². The van der Waals surface area contributed by atoms with Crippen molar-refractivity contribution in [1.82, 2.24) is 0 Å². The second-order valence-electron chi connectivity index (χ2n) is 1.42. The fourth-order valence-corrected chi connectivity index (χ4v) is 0.509. The standard InChI is InChI=1S/C4H8INO/c1-4(5)2-3-6-7/h4H,2-3H2,1H3. The minimum atomic E-state index is 0.462. The molecule has 0 rings (SSSR count). The van der Waals surface area contributed by atoms with Crippen molar-refractivity contribution in [2.45, 2.75) is 17.3 Å². The van der Waals surface area contributed by atoms with Crippen LogP contribution in [0.1, 0.15) is 13.3 Å². The smallest absolute Gasteiger partial charge is 0.0821 e. The normalized spacial score (nSPS) is 13.4. The zero-order valence-corrected chi connectivity index (χ0v) is 6.38. The van der Waals surface area contributed by atoms with E-state index in [0.717, 1.165) is 6.42 Å². The molecule has 0 heterocycles. The second kappa shape index (κ2) is 4.49. The van der Waals surface area contributed by atoms with Gasteiger partial charge in [-0.2, -0.15) is 4.91 Å². The van der Waals surface area contributed by atoms with Gasteiger partial charge in [-0.25, -0.2) is 0 Å². The number of hydrogen-bond acceptors (Lipinski definition) is 2. The number of hydrogen-bond donors (Lipinski definition) is 0. The molecule has 1 atom stereocenters. The summed E-state index contributed by atoms with van der Waals surface area (Å²) in [5, 5.41) is 2.72.